The number of carbonyl (C=O) groups is 3. The van der Waals surface area contributed by atoms with Crippen molar-refractivity contribution in [3.63, 3.8) is 0 Å². The number of aliphatic hydroxyl groups is 1. The highest BCUT2D eigenvalue weighted by molar-refractivity contribution is 5.68. The van der Waals surface area contributed by atoms with Crippen molar-refractivity contribution < 1.29 is 38.4 Å². The van der Waals surface area contributed by atoms with Crippen LogP contribution in [0.5, 0.6) is 0 Å². The second kappa shape index (κ2) is 20.3. The van der Waals surface area contributed by atoms with Crippen LogP contribution in [0.3, 0.4) is 0 Å². The Balaban J connectivity index is 2.36. The minimum atomic E-state index is -1.33. The Morgan fingerprint density at radius 2 is 1.16 bits per heavy atom. The van der Waals surface area contributed by atoms with Gasteiger partial charge in [-0.05, 0) is 13.0 Å². The van der Waals surface area contributed by atoms with Gasteiger partial charge >= 0.3 is 17.9 Å². The van der Waals surface area contributed by atoms with E-state index in [2.05, 4.69) is 12.2 Å². The molecule has 0 unspecified atom stereocenters. The third kappa shape index (κ3) is 15.3. The van der Waals surface area contributed by atoms with Crippen molar-refractivity contribution in [1.82, 2.24) is 5.32 Å². The van der Waals surface area contributed by atoms with Crippen LogP contribution < -0.4 is 5.32 Å². The zero-order chi connectivity index (χ0) is 27.5. The molecule has 1 fully saturated rings. The number of nitrogens with one attached hydrogen (secondary N) is 1. The van der Waals surface area contributed by atoms with E-state index in [0.717, 1.165) is 19.3 Å². The lowest BCUT2D eigenvalue weighted by Gasteiger charge is -2.43. The van der Waals surface area contributed by atoms with E-state index in [0.29, 0.717) is 6.54 Å². The van der Waals surface area contributed by atoms with E-state index in [1.54, 1.807) is 0 Å². The van der Waals surface area contributed by atoms with Gasteiger partial charge in [-0.1, -0.05) is 90.4 Å². The molecule has 0 aromatic rings. The van der Waals surface area contributed by atoms with Crippen LogP contribution >= 0.6 is 0 Å². The van der Waals surface area contributed by atoms with Crippen molar-refractivity contribution in [2.75, 3.05) is 13.2 Å². The molecule has 0 radical (unpaired) electrons. The van der Waals surface area contributed by atoms with Gasteiger partial charge < -0.3 is 29.4 Å². The summed E-state index contributed by atoms with van der Waals surface area (Å²) in [6.45, 7) is 6.32. The van der Waals surface area contributed by atoms with Gasteiger partial charge in [-0.2, -0.15) is 0 Å². The fourth-order valence-electron chi connectivity index (χ4n) is 4.72. The van der Waals surface area contributed by atoms with E-state index in [4.69, 9.17) is 18.9 Å². The lowest BCUT2D eigenvalue weighted by Crippen LogP contribution is -2.65. The third-order valence-corrected chi connectivity index (χ3v) is 6.63. The molecule has 0 aromatic heterocycles. The summed E-state index contributed by atoms with van der Waals surface area (Å²) in [4.78, 5) is 34.7. The maximum Gasteiger partial charge on any atom is 0.303 e. The number of aliphatic hydroxyl groups excluding tert-OH is 1. The monoisotopic (exact) mass is 529 g/mol. The minimum Gasteiger partial charge on any atom is -0.463 e. The average Bonchev–Trinajstić information content (AvgIpc) is 2.83. The molecule has 216 valence electrons. The standard InChI is InChI=1S/C28H51NO8/c1-5-6-7-8-9-10-11-12-13-14-15-16-17-18-19-29-25-27(36-23(4)32)26(35-22(3)31)24(37-28(25)33)20-34-21(2)30/h24-29,33H,5-20H2,1-4H3/t24-,25+,26-,27-,28+/m1/s1. The predicted molar refractivity (Wildman–Crippen MR) is 141 cm³/mol. The average molecular weight is 530 g/mol. The van der Waals surface area contributed by atoms with Crippen LogP contribution in [0.15, 0.2) is 0 Å². The molecule has 0 aromatic carbocycles. The van der Waals surface area contributed by atoms with Gasteiger partial charge in [0, 0.05) is 20.8 Å². The van der Waals surface area contributed by atoms with Crippen LogP contribution in [0.25, 0.3) is 0 Å². The number of carbonyl (C=O) groups excluding carboxylic acids is 3. The maximum absolute atomic E-state index is 11.8. The van der Waals surface area contributed by atoms with E-state index in [1.165, 1.54) is 91.4 Å². The summed E-state index contributed by atoms with van der Waals surface area (Å²) in [7, 11) is 0. The van der Waals surface area contributed by atoms with E-state index >= 15 is 0 Å². The third-order valence-electron chi connectivity index (χ3n) is 6.63. The van der Waals surface area contributed by atoms with Crippen LogP contribution in [0.4, 0.5) is 0 Å². The number of hydrogen-bond donors (Lipinski definition) is 2. The smallest absolute Gasteiger partial charge is 0.303 e. The first-order valence-corrected chi connectivity index (χ1v) is 14.3. The normalized spacial score (nSPS) is 23.4. The van der Waals surface area contributed by atoms with Crippen LogP contribution in [0.1, 0.15) is 118 Å². The van der Waals surface area contributed by atoms with E-state index in [-0.39, 0.29) is 6.61 Å². The van der Waals surface area contributed by atoms with Crippen LogP contribution in [-0.4, -0.2) is 66.8 Å². The Kier molecular flexibility index (Phi) is 18.3. The molecule has 0 aliphatic carbocycles. The molecule has 0 bridgehead atoms. The Morgan fingerprint density at radius 3 is 1.62 bits per heavy atom. The van der Waals surface area contributed by atoms with Gasteiger partial charge in [-0.15, -0.1) is 0 Å². The molecule has 5 atom stereocenters. The van der Waals surface area contributed by atoms with Crippen molar-refractivity contribution in [3.05, 3.63) is 0 Å². The zero-order valence-corrected chi connectivity index (χ0v) is 23.5. The highest BCUT2D eigenvalue weighted by Crippen LogP contribution is 2.26. The molecule has 0 amide bonds. The molecular formula is C28H51NO8. The van der Waals surface area contributed by atoms with Crippen molar-refractivity contribution in [2.45, 2.75) is 148 Å². The van der Waals surface area contributed by atoms with Crippen molar-refractivity contribution in [2.24, 2.45) is 0 Å². The SMILES string of the molecule is CCCCCCCCCCCCCCCCN[C@H]1[C@@H](OC(C)=O)[C@H](OC(C)=O)[C@@H](COC(C)=O)O[C@@H]1O. The summed E-state index contributed by atoms with van der Waals surface area (Å²) >= 11 is 0. The number of ether oxygens (including phenoxy) is 4. The Morgan fingerprint density at radius 1 is 0.703 bits per heavy atom. The van der Waals surface area contributed by atoms with Crippen molar-refractivity contribution >= 4 is 17.9 Å². The van der Waals surface area contributed by atoms with Gasteiger partial charge in [-0.25, -0.2) is 0 Å². The first-order valence-electron chi connectivity index (χ1n) is 14.3. The summed E-state index contributed by atoms with van der Waals surface area (Å²) in [6.07, 6.45) is 13.4. The number of unbranched alkanes of at least 4 members (excludes halogenated alkanes) is 13. The van der Waals surface area contributed by atoms with Gasteiger partial charge in [0.25, 0.3) is 0 Å². The first-order chi connectivity index (χ1) is 17.8. The quantitative estimate of drug-likeness (QED) is 0.133. The lowest BCUT2D eigenvalue weighted by molar-refractivity contribution is -0.265. The summed E-state index contributed by atoms with van der Waals surface area (Å²) in [5.74, 6) is -1.71. The number of rotatable bonds is 20. The molecule has 2 N–H and O–H groups in total. The molecule has 0 saturated carbocycles. The van der Waals surface area contributed by atoms with Gasteiger partial charge in [0.2, 0.25) is 0 Å². The molecule has 1 saturated heterocycles. The van der Waals surface area contributed by atoms with Crippen molar-refractivity contribution in [1.29, 1.82) is 0 Å². The number of hydrogen-bond acceptors (Lipinski definition) is 9. The van der Waals surface area contributed by atoms with E-state index in [1.807, 2.05) is 0 Å². The summed E-state index contributed by atoms with van der Waals surface area (Å²) in [6, 6.07) is -0.788. The highest BCUT2D eigenvalue weighted by atomic mass is 16.7. The van der Waals surface area contributed by atoms with Gasteiger partial charge in [0.1, 0.15) is 12.7 Å². The van der Waals surface area contributed by atoms with Crippen LogP contribution in [0.2, 0.25) is 0 Å². The van der Waals surface area contributed by atoms with Crippen LogP contribution in [0, 0.1) is 0 Å². The molecule has 1 heterocycles. The molecule has 9 heteroatoms. The summed E-state index contributed by atoms with van der Waals surface area (Å²) < 4.78 is 21.4. The van der Waals surface area contributed by atoms with E-state index < -0.39 is 48.6 Å². The highest BCUT2D eigenvalue weighted by Gasteiger charge is 2.49. The Hall–Kier alpha value is -1.71. The van der Waals surface area contributed by atoms with E-state index in [9.17, 15) is 19.5 Å². The molecule has 37 heavy (non-hydrogen) atoms. The summed E-state index contributed by atoms with van der Waals surface area (Å²) in [5, 5.41) is 13.8. The van der Waals surface area contributed by atoms with Gasteiger partial charge in [0.15, 0.2) is 18.5 Å². The lowest BCUT2D eigenvalue weighted by atomic mass is 9.96. The largest absolute Gasteiger partial charge is 0.463 e. The fraction of sp³-hybridized carbons (Fsp3) is 0.893. The molecule has 1 rings (SSSR count). The predicted octanol–water partition coefficient (Wildman–Crippen LogP) is 4.57. The van der Waals surface area contributed by atoms with Crippen LogP contribution in [-0.2, 0) is 33.3 Å². The minimum absolute atomic E-state index is 0.242. The second-order valence-corrected chi connectivity index (χ2v) is 10.1. The van der Waals surface area contributed by atoms with Crippen molar-refractivity contribution in [3.8, 4) is 0 Å². The molecular weight excluding hydrogens is 478 g/mol. The summed E-state index contributed by atoms with van der Waals surface area (Å²) in [5.41, 5.74) is 0. The molecule has 9 nitrogen and oxygen atoms in total. The number of esters is 3. The zero-order valence-electron chi connectivity index (χ0n) is 23.5. The second-order valence-electron chi connectivity index (χ2n) is 10.1. The maximum atomic E-state index is 11.8. The fourth-order valence-corrected chi connectivity index (χ4v) is 4.72. The first kappa shape index (κ1) is 33.3. The van der Waals surface area contributed by atoms with Gasteiger partial charge in [-0.3, -0.25) is 14.4 Å². The topological polar surface area (TPSA) is 120 Å². The Bertz CT molecular complexity index is 644. The molecule has 1 aliphatic heterocycles. The Labute approximate surface area is 223 Å². The van der Waals surface area contributed by atoms with Gasteiger partial charge in [0.05, 0.1) is 6.04 Å². The molecule has 1 aliphatic rings. The molecule has 0 spiro atoms.